The highest BCUT2D eigenvalue weighted by molar-refractivity contribution is 7.89. The molecule has 1 aromatic carbocycles. The topological polar surface area (TPSA) is 49.7 Å². The second kappa shape index (κ2) is 6.14. The summed E-state index contributed by atoms with van der Waals surface area (Å²) >= 11 is 4.53. The van der Waals surface area contributed by atoms with Gasteiger partial charge in [0, 0.05) is 13.1 Å². The van der Waals surface area contributed by atoms with E-state index in [2.05, 4.69) is 36.2 Å². The Morgan fingerprint density at radius 2 is 1.75 bits per heavy atom. The molecule has 2 atom stereocenters. The van der Waals surface area contributed by atoms with E-state index in [1.165, 1.54) is 0 Å². The van der Waals surface area contributed by atoms with Gasteiger partial charge >= 0.3 is 0 Å². The summed E-state index contributed by atoms with van der Waals surface area (Å²) < 4.78 is 26.8. The maximum absolute atomic E-state index is 12.6. The van der Waals surface area contributed by atoms with Crippen LogP contribution in [0.4, 0.5) is 5.69 Å². The number of sulfonamides is 1. The molecule has 2 rings (SSSR count). The molecule has 0 unspecified atom stereocenters. The zero-order chi connectivity index (χ0) is 14.8. The molecule has 1 saturated heterocycles. The molecule has 20 heavy (non-hydrogen) atoms. The maximum atomic E-state index is 12.6. The Morgan fingerprint density at radius 3 is 2.25 bits per heavy atom. The van der Waals surface area contributed by atoms with E-state index in [0.29, 0.717) is 35.5 Å². The summed E-state index contributed by atoms with van der Waals surface area (Å²) in [6, 6.07) is 6.43. The molecular weight excluding hydrogens is 292 g/mol. The second-order valence-electron chi connectivity index (χ2n) is 5.47. The molecule has 1 aliphatic heterocycles. The summed E-state index contributed by atoms with van der Waals surface area (Å²) in [5.41, 5.74) is 0.610. The van der Waals surface area contributed by atoms with E-state index in [1.807, 2.05) is 0 Å². The largest absolute Gasteiger partial charge is 0.243 e. The predicted octanol–water partition coefficient (Wildman–Crippen LogP) is 3.09. The zero-order valence-corrected chi connectivity index (χ0v) is 13.2. The van der Waals surface area contributed by atoms with Crippen LogP contribution in [-0.2, 0) is 10.0 Å². The molecule has 0 aliphatic carbocycles. The molecule has 1 aliphatic rings. The fourth-order valence-electron chi connectivity index (χ4n) is 2.70. The molecule has 6 heteroatoms. The first-order chi connectivity index (χ1) is 9.43. The van der Waals surface area contributed by atoms with Crippen molar-refractivity contribution in [3.8, 4) is 0 Å². The molecule has 1 heterocycles. The predicted molar refractivity (Wildman–Crippen MR) is 82.8 cm³/mol. The second-order valence-corrected chi connectivity index (χ2v) is 7.59. The van der Waals surface area contributed by atoms with Crippen molar-refractivity contribution in [3.63, 3.8) is 0 Å². The molecular formula is C14H18N2O2S2. The van der Waals surface area contributed by atoms with Gasteiger partial charge in [0.05, 0.1) is 15.7 Å². The highest BCUT2D eigenvalue weighted by Crippen LogP contribution is 2.27. The van der Waals surface area contributed by atoms with Crippen LogP contribution in [0.2, 0.25) is 0 Å². The van der Waals surface area contributed by atoms with E-state index in [9.17, 15) is 8.42 Å². The summed E-state index contributed by atoms with van der Waals surface area (Å²) in [7, 11) is -3.41. The number of hydrogen-bond acceptors (Lipinski definition) is 4. The van der Waals surface area contributed by atoms with Crippen LogP contribution in [0, 0.1) is 11.8 Å². The minimum atomic E-state index is -3.41. The molecule has 0 aromatic heterocycles. The number of rotatable bonds is 3. The summed E-state index contributed by atoms with van der Waals surface area (Å²) in [6.07, 6.45) is 1.08. The highest BCUT2D eigenvalue weighted by Gasteiger charge is 2.31. The van der Waals surface area contributed by atoms with E-state index in [1.54, 1.807) is 28.6 Å². The fourth-order valence-corrected chi connectivity index (χ4v) is 4.48. The lowest BCUT2D eigenvalue weighted by atomic mass is 9.94. The van der Waals surface area contributed by atoms with Gasteiger partial charge in [0.15, 0.2) is 0 Å². The standard InChI is InChI=1S/C14H18N2O2S2/c1-11-7-12(2)9-16(8-11)20(17,18)14-5-3-13(4-6-14)15-10-19/h3-6,11-12H,7-9H2,1-2H3/t11-,12-/m1/s1. The van der Waals surface area contributed by atoms with Crippen LogP contribution in [0.25, 0.3) is 0 Å². The van der Waals surface area contributed by atoms with E-state index in [-0.39, 0.29) is 0 Å². The molecule has 4 nitrogen and oxygen atoms in total. The molecule has 0 spiro atoms. The minimum Gasteiger partial charge on any atom is -0.207 e. The SMILES string of the molecule is C[C@@H]1C[C@@H](C)CN(S(=O)(=O)c2ccc(N=C=S)cc2)C1. The first-order valence-corrected chi connectivity index (χ1v) is 8.46. The van der Waals surface area contributed by atoms with Gasteiger partial charge in [-0.15, -0.1) is 0 Å². The molecule has 0 bridgehead atoms. The van der Waals surface area contributed by atoms with Crippen LogP contribution in [0.3, 0.4) is 0 Å². The molecule has 1 fully saturated rings. The quantitative estimate of drug-likeness (QED) is 0.637. The molecule has 0 amide bonds. The fraction of sp³-hybridized carbons (Fsp3) is 0.500. The van der Waals surface area contributed by atoms with Crippen molar-refractivity contribution in [1.82, 2.24) is 4.31 Å². The average Bonchev–Trinajstić information content (AvgIpc) is 2.38. The first kappa shape index (κ1) is 15.3. The monoisotopic (exact) mass is 310 g/mol. The Balaban J connectivity index is 2.27. The van der Waals surface area contributed by atoms with Gasteiger partial charge in [-0.1, -0.05) is 13.8 Å². The van der Waals surface area contributed by atoms with Crippen LogP contribution in [0.5, 0.6) is 0 Å². The Bertz CT molecular complexity index is 609. The van der Waals surface area contributed by atoms with Gasteiger partial charge in [0.25, 0.3) is 0 Å². The van der Waals surface area contributed by atoms with Gasteiger partial charge in [-0.05, 0) is 54.7 Å². The number of hydrogen-bond donors (Lipinski definition) is 0. The van der Waals surface area contributed by atoms with Crippen LogP contribution >= 0.6 is 12.2 Å². The molecule has 0 saturated carbocycles. The summed E-state index contributed by atoms with van der Waals surface area (Å²) in [5.74, 6) is 0.791. The van der Waals surface area contributed by atoms with Gasteiger partial charge in [-0.3, -0.25) is 0 Å². The number of thiocarbonyl (C=S) groups is 1. The third-order valence-electron chi connectivity index (χ3n) is 3.48. The van der Waals surface area contributed by atoms with Crippen molar-refractivity contribution in [2.75, 3.05) is 13.1 Å². The number of piperidine rings is 1. The Labute approximate surface area is 125 Å². The van der Waals surface area contributed by atoms with Gasteiger partial charge in [-0.25, -0.2) is 8.42 Å². The lowest BCUT2D eigenvalue weighted by Crippen LogP contribution is -2.42. The van der Waals surface area contributed by atoms with Crippen molar-refractivity contribution in [2.45, 2.75) is 25.2 Å². The zero-order valence-electron chi connectivity index (χ0n) is 11.6. The third-order valence-corrected chi connectivity index (χ3v) is 5.42. The van der Waals surface area contributed by atoms with E-state index in [4.69, 9.17) is 0 Å². The Morgan fingerprint density at radius 1 is 1.20 bits per heavy atom. The van der Waals surface area contributed by atoms with Crippen molar-refractivity contribution in [1.29, 1.82) is 0 Å². The van der Waals surface area contributed by atoms with E-state index < -0.39 is 10.0 Å². The lowest BCUT2D eigenvalue weighted by molar-refractivity contribution is 0.222. The van der Waals surface area contributed by atoms with Crippen molar-refractivity contribution >= 4 is 33.1 Å². The average molecular weight is 310 g/mol. The third kappa shape index (κ3) is 3.33. The Hall–Kier alpha value is -1.07. The van der Waals surface area contributed by atoms with Crippen LogP contribution in [0.1, 0.15) is 20.3 Å². The summed E-state index contributed by atoms with van der Waals surface area (Å²) in [6.45, 7) is 5.36. The maximum Gasteiger partial charge on any atom is 0.243 e. The molecule has 1 aromatic rings. The highest BCUT2D eigenvalue weighted by atomic mass is 32.2. The minimum absolute atomic E-state index is 0.308. The van der Waals surface area contributed by atoms with E-state index in [0.717, 1.165) is 6.42 Å². The number of benzene rings is 1. The molecule has 0 radical (unpaired) electrons. The van der Waals surface area contributed by atoms with Crippen LogP contribution in [0.15, 0.2) is 34.2 Å². The van der Waals surface area contributed by atoms with Gasteiger partial charge in [0.1, 0.15) is 0 Å². The lowest BCUT2D eigenvalue weighted by Gasteiger charge is -2.34. The Kier molecular flexibility index (Phi) is 4.70. The van der Waals surface area contributed by atoms with Gasteiger partial charge in [-0.2, -0.15) is 9.30 Å². The normalized spacial score (nSPS) is 24.1. The van der Waals surface area contributed by atoms with E-state index >= 15 is 0 Å². The van der Waals surface area contributed by atoms with Gasteiger partial charge < -0.3 is 0 Å². The summed E-state index contributed by atoms with van der Waals surface area (Å²) in [5, 5.41) is 2.27. The van der Waals surface area contributed by atoms with Crippen molar-refractivity contribution in [3.05, 3.63) is 24.3 Å². The van der Waals surface area contributed by atoms with Crippen LogP contribution < -0.4 is 0 Å². The van der Waals surface area contributed by atoms with Gasteiger partial charge in [0.2, 0.25) is 10.0 Å². The van der Waals surface area contributed by atoms with Crippen molar-refractivity contribution < 1.29 is 8.42 Å². The molecule has 0 N–H and O–H groups in total. The van der Waals surface area contributed by atoms with Crippen LogP contribution in [-0.4, -0.2) is 31.0 Å². The first-order valence-electron chi connectivity index (χ1n) is 6.61. The number of isothiocyanates is 1. The number of aliphatic imine (C=N–C) groups is 1. The smallest absolute Gasteiger partial charge is 0.207 e. The number of nitrogens with zero attached hydrogens (tertiary/aromatic N) is 2. The molecule has 108 valence electrons. The summed E-state index contributed by atoms with van der Waals surface area (Å²) in [4.78, 5) is 4.13. The van der Waals surface area contributed by atoms with Crippen molar-refractivity contribution in [2.24, 2.45) is 16.8 Å².